The lowest BCUT2D eigenvalue weighted by Gasteiger charge is -2.33. The van der Waals surface area contributed by atoms with Gasteiger partial charge >= 0.3 is 5.97 Å². The highest BCUT2D eigenvalue weighted by Gasteiger charge is 2.44. The van der Waals surface area contributed by atoms with E-state index in [-0.39, 0.29) is 34.9 Å². The Morgan fingerprint density at radius 2 is 1.48 bits per heavy atom. The summed E-state index contributed by atoms with van der Waals surface area (Å²) >= 11 is 1.32. The summed E-state index contributed by atoms with van der Waals surface area (Å²) < 4.78 is 5.43. The van der Waals surface area contributed by atoms with Crippen LogP contribution in [0.15, 0.2) is 24.3 Å². The average molecular weight is 421 g/mol. The summed E-state index contributed by atoms with van der Waals surface area (Å²) in [7, 11) is 0. The molecule has 0 aliphatic carbocycles. The fraction of sp³-hybridized carbons (Fsp3) is 0.524. The van der Waals surface area contributed by atoms with Gasteiger partial charge in [0.05, 0.1) is 11.1 Å². The summed E-state index contributed by atoms with van der Waals surface area (Å²) in [5.74, 6) is -1.93. The van der Waals surface area contributed by atoms with Gasteiger partial charge in [0.15, 0.2) is 6.10 Å². The Bertz CT molecular complexity index is 765. The van der Waals surface area contributed by atoms with Gasteiger partial charge in [-0.2, -0.15) is 11.8 Å². The zero-order chi connectivity index (χ0) is 21.9. The summed E-state index contributed by atoms with van der Waals surface area (Å²) in [5, 5.41) is 0. The Morgan fingerprint density at radius 3 is 1.90 bits per heavy atom. The minimum atomic E-state index is -1.10. The zero-order valence-corrected chi connectivity index (χ0v) is 18.5. The molecule has 2 rings (SSSR count). The second kappa shape index (κ2) is 9.43. The standard InChI is InChI=1S/C21H28N2O5S/c1-12(2)22(13(3)4)18(24)14(5)28-21(27)17(11-29-6)23-19(25)15-9-7-8-10-16(15)20(23)26/h7-10,12-14,17H,11H2,1-6H3/t14-,17+/m0/s1. The lowest BCUT2D eigenvalue weighted by Crippen LogP contribution is -2.51. The van der Waals surface area contributed by atoms with Crippen LogP contribution < -0.4 is 0 Å². The average Bonchev–Trinajstić information content (AvgIpc) is 2.90. The van der Waals surface area contributed by atoms with E-state index in [9.17, 15) is 19.2 Å². The number of amides is 3. The summed E-state index contributed by atoms with van der Waals surface area (Å²) in [4.78, 5) is 53.7. The van der Waals surface area contributed by atoms with E-state index in [0.29, 0.717) is 0 Å². The minimum absolute atomic E-state index is 0.0538. The van der Waals surface area contributed by atoms with Gasteiger partial charge in [-0.25, -0.2) is 4.79 Å². The van der Waals surface area contributed by atoms with E-state index >= 15 is 0 Å². The third kappa shape index (κ3) is 4.63. The van der Waals surface area contributed by atoms with E-state index in [1.54, 1.807) is 35.4 Å². The minimum Gasteiger partial charge on any atom is -0.451 e. The first kappa shape index (κ1) is 22.9. The highest BCUT2D eigenvalue weighted by molar-refractivity contribution is 7.98. The van der Waals surface area contributed by atoms with Crippen LogP contribution in [0.1, 0.15) is 55.3 Å². The van der Waals surface area contributed by atoms with Crippen molar-refractivity contribution in [3.05, 3.63) is 35.4 Å². The molecule has 0 unspecified atom stereocenters. The Kier molecular flexibility index (Phi) is 7.46. The molecule has 1 aliphatic rings. The van der Waals surface area contributed by atoms with Crippen LogP contribution in [0.2, 0.25) is 0 Å². The quantitative estimate of drug-likeness (QED) is 0.475. The number of thioether (sulfide) groups is 1. The number of hydrogen-bond donors (Lipinski definition) is 0. The lowest BCUT2D eigenvalue weighted by molar-refractivity contribution is -0.163. The Morgan fingerprint density at radius 1 is 1.00 bits per heavy atom. The van der Waals surface area contributed by atoms with Crippen molar-refractivity contribution < 1.29 is 23.9 Å². The van der Waals surface area contributed by atoms with Gasteiger partial charge in [-0.05, 0) is 53.0 Å². The largest absolute Gasteiger partial charge is 0.451 e. The lowest BCUT2D eigenvalue weighted by atomic mass is 10.1. The molecule has 0 radical (unpaired) electrons. The Labute approximate surface area is 175 Å². The first-order valence-electron chi connectivity index (χ1n) is 9.60. The monoisotopic (exact) mass is 420 g/mol. The van der Waals surface area contributed by atoms with Crippen LogP contribution in [0.5, 0.6) is 0 Å². The van der Waals surface area contributed by atoms with Gasteiger partial charge in [-0.15, -0.1) is 0 Å². The Hall–Kier alpha value is -2.35. The van der Waals surface area contributed by atoms with Gasteiger partial charge < -0.3 is 9.64 Å². The van der Waals surface area contributed by atoms with Crippen molar-refractivity contribution in [1.29, 1.82) is 0 Å². The molecule has 7 nitrogen and oxygen atoms in total. The fourth-order valence-corrected chi connectivity index (χ4v) is 4.12. The van der Waals surface area contributed by atoms with Crippen molar-refractivity contribution >= 4 is 35.5 Å². The topological polar surface area (TPSA) is 84.0 Å². The van der Waals surface area contributed by atoms with Crippen molar-refractivity contribution in [3.63, 3.8) is 0 Å². The molecule has 0 bridgehead atoms. The molecule has 0 saturated carbocycles. The van der Waals surface area contributed by atoms with Crippen LogP contribution in [-0.4, -0.2) is 69.7 Å². The molecule has 3 amide bonds. The van der Waals surface area contributed by atoms with E-state index in [4.69, 9.17) is 4.74 Å². The molecule has 2 atom stereocenters. The zero-order valence-electron chi connectivity index (χ0n) is 17.7. The molecule has 0 N–H and O–H groups in total. The molecule has 158 valence electrons. The van der Waals surface area contributed by atoms with E-state index < -0.39 is 29.9 Å². The van der Waals surface area contributed by atoms with Crippen molar-refractivity contribution in [2.24, 2.45) is 0 Å². The van der Waals surface area contributed by atoms with E-state index in [1.165, 1.54) is 18.7 Å². The SMILES string of the molecule is CSC[C@H](C(=O)O[C@@H](C)C(=O)N(C(C)C)C(C)C)N1C(=O)c2ccccc2C1=O. The number of benzene rings is 1. The van der Waals surface area contributed by atoms with Gasteiger partial charge in [-0.1, -0.05) is 12.1 Å². The maximum Gasteiger partial charge on any atom is 0.331 e. The molecule has 1 aromatic rings. The molecule has 0 aromatic heterocycles. The molecule has 29 heavy (non-hydrogen) atoms. The van der Waals surface area contributed by atoms with Crippen molar-refractivity contribution in [3.8, 4) is 0 Å². The summed E-state index contributed by atoms with van der Waals surface area (Å²) in [5.41, 5.74) is 0.539. The first-order chi connectivity index (χ1) is 13.6. The third-order valence-corrected chi connectivity index (χ3v) is 5.39. The van der Waals surface area contributed by atoms with Crippen LogP contribution in [0.25, 0.3) is 0 Å². The summed E-state index contributed by atoms with van der Waals surface area (Å²) in [6, 6.07) is 5.26. The van der Waals surface area contributed by atoms with Gasteiger partial charge in [0.25, 0.3) is 17.7 Å². The fourth-order valence-electron chi connectivity index (χ4n) is 3.52. The molecule has 1 aliphatic heterocycles. The smallest absolute Gasteiger partial charge is 0.331 e. The van der Waals surface area contributed by atoms with E-state index in [1.807, 2.05) is 27.7 Å². The predicted octanol–water partition coefficient (Wildman–Crippen LogP) is 2.59. The van der Waals surface area contributed by atoms with Crippen LogP contribution >= 0.6 is 11.8 Å². The number of ether oxygens (including phenoxy) is 1. The van der Waals surface area contributed by atoms with Gasteiger partial charge in [-0.3, -0.25) is 19.3 Å². The van der Waals surface area contributed by atoms with Crippen molar-refractivity contribution in [2.45, 2.75) is 58.8 Å². The maximum atomic E-state index is 12.9. The van der Waals surface area contributed by atoms with Gasteiger partial charge in [0, 0.05) is 17.8 Å². The molecule has 0 spiro atoms. The van der Waals surface area contributed by atoms with Crippen LogP contribution in [0.3, 0.4) is 0 Å². The molecular weight excluding hydrogens is 392 g/mol. The molecule has 1 heterocycles. The number of carbonyl (C=O) groups excluding carboxylic acids is 4. The number of carbonyl (C=O) groups is 4. The van der Waals surface area contributed by atoms with Crippen LogP contribution in [0, 0.1) is 0 Å². The third-order valence-electron chi connectivity index (χ3n) is 4.74. The maximum absolute atomic E-state index is 12.9. The van der Waals surface area contributed by atoms with Crippen LogP contribution in [0.4, 0.5) is 0 Å². The summed E-state index contributed by atoms with van der Waals surface area (Å²) in [6.45, 7) is 9.07. The highest BCUT2D eigenvalue weighted by Crippen LogP contribution is 2.26. The molecular formula is C21H28N2O5S. The number of esters is 1. The Balaban J connectivity index is 2.21. The molecule has 1 aromatic carbocycles. The number of fused-ring (bicyclic) bond motifs is 1. The summed E-state index contributed by atoms with van der Waals surface area (Å²) in [6.07, 6.45) is 0.749. The van der Waals surface area contributed by atoms with Gasteiger partial charge in [0.2, 0.25) is 0 Å². The first-order valence-corrected chi connectivity index (χ1v) is 11.0. The highest BCUT2D eigenvalue weighted by atomic mass is 32.2. The van der Waals surface area contributed by atoms with Crippen LogP contribution in [-0.2, 0) is 14.3 Å². The predicted molar refractivity (Wildman–Crippen MR) is 112 cm³/mol. The number of imide groups is 1. The molecule has 8 heteroatoms. The van der Waals surface area contributed by atoms with Crippen molar-refractivity contribution in [2.75, 3.05) is 12.0 Å². The number of rotatable bonds is 8. The second-order valence-electron chi connectivity index (χ2n) is 7.51. The number of nitrogens with zero attached hydrogens (tertiary/aromatic N) is 2. The number of hydrogen-bond acceptors (Lipinski definition) is 6. The molecule has 0 saturated heterocycles. The van der Waals surface area contributed by atoms with E-state index in [2.05, 4.69) is 0 Å². The molecule has 0 fully saturated rings. The van der Waals surface area contributed by atoms with Gasteiger partial charge in [0.1, 0.15) is 6.04 Å². The normalized spacial score (nSPS) is 15.5. The van der Waals surface area contributed by atoms with Crippen molar-refractivity contribution in [1.82, 2.24) is 9.80 Å². The van der Waals surface area contributed by atoms with E-state index in [0.717, 1.165) is 4.90 Å². The second-order valence-corrected chi connectivity index (χ2v) is 8.42.